The molecule has 1 atom stereocenters. The Bertz CT molecular complexity index is 598. The Labute approximate surface area is 150 Å². The third-order valence-corrected chi connectivity index (χ3v) is 5.77. The van der Waals surface area contributed by atoms with Gasteiger partial charge in [-0.15, -0.1) is 0 Å². The van der Waals surface area contributed by atoms with E-state index in [9.17, 15) is 9.90 Å². The van der Waals surface area contributed by atoms with E-state index < -0.39 is 5.60 Å². The number of carbonyl (C=O) groups is 1. The van der Waals surface area contributed by atoms with Crippen LogP contribution in [0.5, 0.6) is 0 Å². The molecular weight excluding hydrogens is 316 g/mol. The van der Waals surface area contributed by atoms with Gasteiger partial charge in [-0.2, -0.15) is 0 Å². The SMILES string of the molecule is CC(=O)N1CCC(N2CCO[C@](CO)(Cc3ccccc3C)C2)CC1. The number of aryl methyl sites for hydroxylation is 1. The van der Waals surface area contributed by atoms with Crippen LogP contribution in [0.1, 0.15) is 30.9 Å². The molecule has 2 saturated heterocycles. The number of hydrogen-bond donors (Lipinski definition) is 1. The van der Waals surface area contributed by atoms with Gasteiger partial charge in [0.25, 0.3) is 0 Å². The predicted molar refractivity (Wildman–Crippen MR) is 97.5 cm³/mol. The zero-order valence-electron chi connectivity index (χ0n) is 15.4. The van der Waals surface area contributed by atoms with E-state index >= 15 is 0 Å². The molecule has 0 unspecified atom stereocenters. The van der Waals surface area contributed by atoms with Crippen LogP contribution in [0.25, 0.3) is 0 Å². The van der Waals surface area contributed by atoms with Crippen LogP contribution in [0.2, 0.25) is 0 Å². The van der Waals surface area contributed by atoms with Gasteiger partial charge in [0.15, 0.2) is 0 Å². The quantitative estimate of drug-likeness (QED) is 0.900. The highest BCUT2D eigenvalue weighted by Gasteiger charge is 2.39. The van der Waals surface area contributed by atoms with Crippen molar-refractivity contribution in [2.75, 3.05) is 39.4 Å². The van der Waals surface area contributed by atoms with E-state index in [2.05, 4.69) is 24.0 Å². The smallest absolute Gasteiger partial charge is 0.219 e. The Morgan fingerprint density at radius 3 is 2.64 bits per heavy atom. The number of rotatable bonds is 4. The summed E-state index contributed by atoms with van der Waals surface area (Å²) >= 11 is 0. The highest BCUT2D eigenvalue weighted by Crippen LogP contribution is 2.28. The van der Waals surface area contributed by atoms with Gasteiger partial charge >= 0.3 is 0 Å². The third-order valence-electron chi connectivity index (χ3n) is 5.77. The van der Waals surface area contributed by atoms with Crippen molar-refractivity contribution in [3.8, 4) is 0 Å². The van der Waals surface area contributed by atoms with Crippen LogP contribution in [0.4, 0.5) is 0 Å². The van der Waals surface area contributed by atoms with E-state index in [-0.39, 0.29) is 12.5 Å². The van der Waals surface area contributed by atoms with Gasteiger partial charge in [0.05, 0.1) is 13.2 Å². The number of hydrogen-bond acceptors (Lipinski definition) is 4. The van der Waals surface area contributed by atoms with Gasteiger partial charge in [-0.05, 0) is 30.9 Å². The molecule has 0 aromatic heterocycles. The minimum absolute atomic E-state index is 0.0319. The van der Waals surface area contributed by atoms with Gasteiger partial charge in [0.2, 0.25) is 5.91 Å². The van der Waals surface area contributed by atoms with Crippen molar-refractivity contribution in [1.82, 2.24) is 9.80 Å². The molecule has 2 aliphatic rings. The molecule has 2 aliphatic heterocycles. The van der Waals surface area contributed by atoms with Crippen molar-refractivity contribution < 1.29 is 14.6 Å². The van der Waals surface area contributed by atoms with Crippen LogP contribution in [0.3, 0.4) is 0 Å². The first-order valence-electron chi connectivity index (χ1n) is 9.32. The Hall–Kier alpha value is -1.43. The first-order chi connectivity index (χ1) is 12.0. The van der Waals surface area contributed by atoms with Gasteiger partial charge < -0.3 is 14.7 Å². The van der Waals surface area contributed by atoms with Crippen molar-refractivity contribution in [2.45, 2.75) is 44.8 Å². The number of aliphatic hydroxyl groups excluding tert-OH is 1. The van der Waals surface area contributed by atoms with E-state index in [0.717, 1.165) is 45.4 Å². The maximum Gasteiger partial charge on any atom is 0.219 e. The fraction of sp³-hybridized carbons (Fsp3) is 0.650. The predicted octanol–water partition coefficient (Wildman–Crippen LogP) is 1.61. The van der Waals surface area contributed by atoms with E-state index in [1.165, 1.54) is 11.1 Å². The Balaban J connectivity index is 1.66. The number of aliphatic hydroxyl groups is 1. The molecule has 2 heterocycles. The van der Waals surface area contributed by atoms with Crippen molar-refractivity contribution in [3.63, 3.8) is 0 Å². The summed E-state index contributed by atoms with van der Waals surface area (Å²) < 4.78 is 6.10. The molecule has 0 bridgehead atoms. The number of morpholine rings is 1. The molecule has 1 aromatic carbocycles. The molecule has 2 fully saturated rings. The lowest BCUT2D eigenvalue weighted by Crippen LogP contribution is -2.59. The molecule has 5 nitrogen and oxygen atoms in total. The number of ether oxygens (including phenoxy) is 1. The summed E-state index contributed by atoms with van der Waals surface area (Å²) in [6.45, 7) is 7.77. The molecule has 1 aromatic rings. The van der Waals surface area contributed by atoms with Gasteiger partial charge in [0, 0.05) is 45.6 Å². The molecule has 1 amide bonds. The van der Waals surface area contributed by atoms with E-state index in [1.54, 1.807) is 6.92 Å². The van der Waals surface area contributed by atoms with E-state index in [1.807, 2.05) is 17.0 Å². The molecule has 3 rings (SSSR count). The van der Waals surface area contributed by atoms with E-state index in [4.69, 9.17) is 4.74 Å². The largest absolute Gasteiger partial charge is 0.393 e. The van der Waals surface area contributed by atoms with Gasteiger partial charge in [-0.3, -0.25) is 9.69 Å². The van der Waals surface area contributed by atoms with Gasteiger partial charge in [-0.25, -0.2) is 0 Å². The number of benzene rings is 1. The third kappa shape index (κ3) is 4.22. The second-order valence-electron chi connectivity index (χ2n) is 7.50. The maximum atomic E-state index is 11.5. The number of carbonyl (C=O) groups excluding carboxylic acids is 1. The summed E-state index contributed by atoms with van der Waals surface area (Å²) in [6, 6.07) is 8.80. The standard InChI is InChI=1S/C20H30N2O3/c1-16-5-3-4-6-18(16)13-20(15-23)14-22(11-12-25-20)19-7-9-21(10-8-19)17(2)24/h3-6,19,23H,7-15H2,1-2H3/t20-/m1/s1. The first-order valence-corrected chi connectivity index (χ1v) is 9.32. The normalized spacial score (nSPS) is 26.0. The van der Waals surface area contributed by atoms with Crippen LogP contribution in [-0.4, -0.2) is 71.8 Å². The van der Waals surface area contributed by atoms with Crippen molar-refractivity contribution in [3.05, 3.63) is 35.4 Å². The molecule has 0 saturated carbocycles. The second kappa shape index (κ2) is 7.85. The lowest BCUT2D eigenvalue weighted by atomic mass is 9.89. The van der Waals surface area contributed by atoms with Crippen molar-refractivity contribution in [2.24, 2.45) is 0 Å². The lowest BCUT2D eigenvalue weighted by molar-refractivity contribution is -0.146. The molecule has 25 heavy (non-hydrogen) atoms. The van der Waals surface area contributed by atoms with Crippen molar-refractivity contribution >= 4 is 5.91 Å². The zero-order valence-corrected chi connectivity index (χ0v) is 15.4. The molecule has 1 N–H and O–H groups in total. The minimum atomic E-state index is -0.526. The molecule has 0 spiro atoms. The maximum absolute atomic E-state index is 11.5. The Morgan fingerprint density at radius 2 is 2.00 bits per heavy atom. The molecule has 0 radical (unpaired) electrons. The molecule has 5 heteroatoms. The summed E-state index contributed by atoms with van der Waals surface area (Å²) in [6.07, 6.45) is 2.75. The van der Waals surface area contributed by atoms with Crippen LogP contribution >= 0.6 is 0 Å². The van der Waals surface area contributed by atoms with Gasteiger partial charge in [0.1, 0.15) is 5.60 Å². The average molecular weight is 346 g/mol. The summed E-state index contributed by atoms with van der Waals surface area (Å²) in [4.78, 5) is 15.9. The van der Waals surface area contributed by atoms with E-state index in [0.29, 0.717) is 12.6 Å². The van der Waals surface area contributed by atoms with Crippen LogP contribution in [-0.2, 0) is 16.0 Å². The molecular formula is C20H30N2O3. The van der Waals surface area contributed by atoms with Crippen molar-refractivity contribution in [1.29, 1.82) is 0 Å². The fourth-order valence-electron chi connectivity index (χ4n) is 4.15. The summed E-state index contributed by atoms with van der Waals surface area (Å²) in [5, 5.41) is 10.1. The molecule has 0 aliphatic carbocycles. The monoisotopic (exact) mass is 346 g/mol. The summed E-state index contributed by atoms with van der Waals surface area (Å²) in [5.41, 5.74) is 1.96. The number of piperidine rings is 1. The van der Waals surface area contributed by atoms with Gasteiger partial charge in [-0.1, -0.05) is 24.3 Å². The summed E-state index contributed by atoms with van der Waals surface area (Å²) in [5.74, 6) is 0.171. The second-order valence-corrected chi connectivity index (χ2v) is 7.50. The number of likely N-dealkylation sites (tertiary alicyclic amines) is 1. The Kier molecular flexibility index (Phi) is 5.77. The summed E-state index contributed by atoms with van der Waals surface area (Å²) in [7, 11) is 0. The number of amides is 1. The van der Waals surface area contributed by atoms with Crippen LogP contribution in [0.15, 0.2) is 24.3 Å². The fourth-order valence-corrected chi connectivity index (χ4v) is 4.15. The first kappa shape index (κ1) is 18.4. The highest BCUT2D eigenvalue weighted by atomic mass is 16.5. The minimum Gasteiger partial charge on any atom is -0.393 e. The average Bonchev–Trinajstić information content (AvgIpc) is 2.64. The topological polar surface area (TPSA) is 53.0 Å². The zero-order chi connectivity index (χ0) is 17.9. The van der Waals surface area contributed by atoms with Crippen LogP contribution < -0.4 is 0 Å². The van der Waals surface area contributed by atoms with Crippen LogP contribution in [0, 0.1) is 6.92 Å². The number of nitrogens with zero attached hydrogens (tertiary/aromatic N) is 2. The Morgan fingerprint density at radius 1 is 1.28 bits per heavy atom. The lowest BCUT2D eigenvalue weighted by Gasteiger charge is -2.47. The highest BCUT2D eigenvalue weighted by molar-refractivity contribution is 5.73. The molecule has 138 valence electrons.